The first-order valence-electron chi connectivity index (χ1n) is 6.58. The number of nitrogens with one attached hydrogen (secondary N) is 1. The van der Waals surface area contributed by atoms with Crippen LogP contribution in [0.25, 0.3) is 0 Å². The Balaban J connectivity index is 1.96. The Hall–Kier alpha value is -1.07. The summed E-state index contributed by atoms with van der Waals surface area (Å²) in [6, 6.07) is 5.65. The molecule has 1 unspecified atom stereocenters. The molecule has 19 heavy (non-hydrogen) atoms. The fraction of sp³-hybridized carbons (Fsp3) is 0.500. The Labute approximate surface area is 121 Å². The Kier molecular flexibility index (Phi) is 4.82. The zero-order chi connectivity index (χ0) is 13.8. The van der Waals surface area contributed by atoms with Crippen LogP contribution in [0.3, 0.4) is 0 Å². The van der Waals surface area contributed by atoms with E-state index < -0.39 is 5.97 Å². The molecule has 0 radical (unpaired) electrons. The monoisotopic (exact) mass is 326 g/mol. The summed E-state index contributed by atoms with van der Waals surface area (Å²) in [5.74, 6) is -0.906. The molecule has 0 amide bonds. The van der Waals surface area contributed by atoms with Crippen molar-refractivity contribution < 1.29 is 9.90 Å². The van der Waals surface area contributed by atoms with Gasteiger partial charge in [0.1, 0.15) is 0 Å². The van der Waals surface area contributed by atoms with E-state index in [9.17, 15) is 4.79 Å². The third kappa shape index (κ3) is 3.94. The Morgan fingerprint density at radius 3 is 2.74 bits per heavy atom. The number of hydrogen-bond donors (Lipinski definition) is 2. The third-order valence-electron chi connectivity index (χ3n) is 3.51. The topological polar surface area (TPSA) is 52.6 Å². The summed E-state index contributed by atoms with van der Waals surface area (Å²) in [6.07, 6.45) is 2.56. The lowest BCUT2D eigenvalue weighted by molar-refractivity contribution is 0.0697. The van der Waals surface area contributed by atoms with E-state index in [0.29, 0.717) is 11.6 Å². The van der Waals surface area contributed by atoms with Gasteiger partial charge in [-0.3, -0.25) is 4.90 Å². The number of carboxylic acids is 1. The number of likely N-dealkylation sites (tertiary alicyclic amines) is 1. The van der Waals surface area contributed by atoms with Crippen LogP contribution in [0.4, 0.5) is 5.69 Å². The molecule has 1 aliphatic rings. The summed E-state index contributed by atoms with van der Waals surface area (Å²) in [4.78, 5) is 13.5. The maximum Gasteiger partial charge on any atom is 0.335 e. The van der Waals surface area contributed by atoms with Crippen LogP contribution in [0.5, 0.6) is 0 Å². The normalized spacial score (nSPS) is 17.4. The van der Waals surface area contributed by atoms with Gasteiger partial charge in [0.05, 0.1) is 5.56 Å². The van der Waals surface area contributed by atoms with Gasteiger partial charge in [0, 0.05) is 22.7 Å². The van der Waals surface area contributed by atoms with Crippen molar-refractivity contribution in [2.24, 2.45) is 0 Å². The van der Waals surface area contributed by atoms with Crippen LogP contribution in [0.2, 0.25) is 0 Å². The fourth-order valence-corrected chi connectivity index (χ4v) is 2.89. The molecule has 1 atom stereocenters. The molecule has 104 valence electrons. The van der Waals surface area contributed by atoms with E-state index in [-0.39, 0.29) is 0 Å². The molecule has 2 N–H and O–H groups in total. The minimum atomic E-state index is -0.906. The molecule has 4 nitrogen and oxygen atoms in total. The summed E-state index contributed by atoms with van der Waals surface area (Å²) in [7, 11) is 0. The number of aromatic carboxylic acids is 1. The molecule has 0 aliphatic carbocycles. The van der Waals surface area contributed by atoms with Crippen LogP contribution in [-0.2, 0) is 0 Å². The molecule has 1 aromatic rings. The van der Waals surface area contributed by atoms with E-state index in [2.05, 4.69) is 33.1 Å². The van der Waals surface area contributed by atoms with Crippen LogP contribution in [0.15, 0.2) is 22.7 Å². The lowest BCUT2D eigenvalue weighted by atomic mass is 10.2. The van der Waals surface area contributed by atoms with E-state index >= 15 is 0 Å². The molecule has 1 fully saturated rings. The minimum Gasteiger partial charge on any atom is -0.478 e. The van der Waals surface area contributed by atoms with Crippen molar-refractivity contribution in [1.82, 2.24) is 4.90 Å². The molecular weight excluding hydrogens is 308 g/mol. The molecule has 5 heteroatoms. The van der Waals surface area contributed by atoms with E-state index in [1.165, 1.54) is 25.9 Å². The first-order chi connectivity index (χ1) is 9.06. The van der Waals surface area contributed by atoms with E-state index in [4.69, 9.17) is 5.11 Å². The summed E-state index contributed by atoms with van der Waals surface area (Å²) in [6.45, 7) is 5.37. The molecule has 1 saturated heterocycles. The van der Waals surface area contributed by atoms with Crippen LogP contribution in [-0.4, -0.2) is 41.7 Å². The molecule has 0 bridgehead atoms. The van der Waals surface area contributed by atoms with Gasteiger partial charge >= 0.3 is 5.97 Å². The van der Waals surface area contributed by atoms with Gasteiger partial charge in [0.2, 0.25) is 0 Å². The van der Waals surface area contributed by atoms with Crippen molar-refractivity contribution in [3.63, 3.8) is 0 Å². The summed E-state index contributed by atoms with van der Waals surface area (Å²) >= 11 is 3.34. The quantitative estimate of drug-likeness (QED) is 0.873. The number of hydrogen-bond acceptors (Lipinski definition) is 3. The second kappa shape index (κ2) is 6.39. The summed E-state index contributed by atoms with van der Waals surface area (Å²) in [5, 5.41) is 12.3. The van der Waals surface area contributed by atoms with Gasteiger partial charge in [-0.2, -0.15) is 0 Å². The smallest absolute Gasteiger partial charge is 0.335 e. The van der Waals surface area contributed by atoms with Gasteiger partial charge < -0.3 is 10.4 Å². The van der Waals surface area contributed by atoms with Crippen molar-refractivity contribution >= 4 is 27.6 Å². The van der Waals surface area contributed by atoms with E-state index in [1.807, 2.05) is 6.07 Å². The highest BCUT2D eigenvalue weighted by Crippen LogP contribution is 2.20. The molecule has 0 saturated carbocycles. The van der Waals surface area contributed by atoms with Crippen LogP contribution >= 0.6 is 15.9 Å². The number of halogens is 1. The fourth-order valence-electron chi connectivity index (χ4n) is 2.39. The first-order valence-corrected chi connectivity index (χ1v) is 7.37. The van der Waals surface area contributed by atoms with Gasteiger partial charge in [0.15, 0.2) is 0 Å². The van der Waals surface area contributed by atoms with Crippen molar-refractivity contribution in [3.8, 4) is 0 Å². The van der Waals surface area contributed by atoms with Crippen molar-refractivity contribution in [3.05, 3.63) is 28.2 Å². The Morgan fingerprint density at radius 1 is 1.42 bits per heavy atom. The highest BCUT2D eigenvalue weighted by Gasteiger charge is 2.17. The lowest BCUT2D eigenvalue weighted by Crippen LogP contribution is -2.35. The zero-order valence-electron chi connectivity index (χ0n) is 11.0. The number of benzene rings is 1. The summed E-state index contributed by atoms with van der Waals surface area (Å²) in [5.41, 5.74) is 1.14. The molecular formula is C14H19BrN2O2. The maximum absolute atomic E-state index is 11.0. The predicted molar refractivity (Wildman–Crippen MR) is 79.9 cm³/mol. The molecule has 0 aromatic heterocycles. The number of anilines is 1. The predicted octanol–water partition coefficient (Wildman–Crippen LogP) is 3.04. The zero-order valence-corrected chi connectivity index (χ0v) is 12.6. The second-order valence-corrected chi connectivity index (χ2v) is 5.92. The van der Waals surface area contributed by atoms with Crippen molar-refractivity contribution in [2.75, 3.05) is 25.0 Å². The number of carboxylic acid groups (broad SMARTS) is 1. The number of carbonyl (C=O) groups is 1. The van der Waals surface area contributed by atoms with Gasteiger partial charge in [0.25, 0.3) is 0 Å². The van der Waals surface area contributed by atoms with Gasteiger partial charge in [-0.25, -0.2) is 4.79 Å². The van der Waals surface area contributed by atoms with E-state index in [0.717, 1.165) is 16.7 Å². The van der Waals surface area contributed by atoms with Crippen LogP contribution in [0.1, 0.15) is 30.1 Å². The standard InChI is InChI=1S/C14H19BrN2O2/c1-10(17-4-2-3-5-17)9-16-13-7-11(14(18)19)6-12(15)8-13/h6-8,10,16H,2-5,9H2,1H3,(H,18,19). The maximum atomic E-state index is 11.0. The minimum absolute atomic E-state index is 0.297. The van der Waals surface area contributed by atoms with Crippen molar-refractivity contribution in [2.45, 2.75) is 25.8 Å². The average Bonchev–Trinajstić information content (AvgIpc) is 2.89. The molecule has 0 spiro atoms. The Bertz CT molecular complexity index is 459. The SMILES string of the molecule is CC(CNc1cc(Br)cc(C(=O)O)c1)N1CCCC1. The summed E-state index contributed by atoms with van der Waals surface area (Å²) < 4.78 is 0.781. The molecule has 1 aliphatic heterocycles. The number of nitrogens with zero attached hydrogens (tertiary/aromatic N) is 1. The number of rotatable bonds is 5. The Morgan fingerprint density at radius 2 is 2.11 bits per heavy atom. The van der Waals surface area contributed by atoms with Gasteiger partial charge in [-0.1, -0.05) is 15.9 Å². The largest absolute Gasteiger partial charge is 0.478 e. The van der Waals surface area contributed by atoms with Crippen LogP contribution < -0.4 is 5.32 Å². The van der Waals surface area contributed by atoms with Crippen molar-refractivity contribution in [1.29, 1.82) is 0 Å². The average molecular weight is 327 g/mol. The second-order valence-electron chi connectivity index (χ2n) is 5.01. The first kappa shape index (κ1) is 14.3. The molecule has 1 heterocycles. The third-order valence-corrected chi connectivity index (χ3v) is 3.97. The van der Waals surface area contributed by atoms with Crippen LogP contribution in [0, 0.1) is 0 Å². The van der Waals surface area contributed by atoms with Gasteiger partial charge in [-0.05, 0) is 51.1 Å². The highest BCUT2D eigenvalue weighted by atomic mass is 79.9. The lowest BCUT2D eigenvalue weighted by Gasteiger charge is -2.24. The molecule has 2 rings (SSSR count). The van der Waals surface area contributed by atoms with Gasteiger partial charge in [-0.15, -0.1) is 0 Å². The highest BCUT2D eigenvalue weighted by molar-refractivity contribution is 9.10. The molecule has 1 aromatic carbocycles. The van der Waals surface area contributed by atoms with E-state index in [1.54, 1.807) is 12.1 Å².